The molecule has 1 heterocycles. The molecule has 0 amide bonds. The molecule has 2 aliphatic rings. The van der Waals surface area contributed by atoms with Gasteiger partial charge in [-0.15, -0.1) is 0 Å². The quantitative estimate of drug-likeness (QED) is 0.453. The molecular weight excluding hydrogens is 416 g/mol. The summed E-state index contributed by atoms with van der Waals surface area (Å²) in [7, 11) is 0. The van der Waals surface area contributed by atoms with Crippen molar-refractivity contribution in [3.8, 4) is 0 Å². The summed E-state index contributed by atoms with van der Waals surface area (Å²) in [6.45, 7) is 0. The van der Waals surface area contributed by atoms with Crippen LogP contribution in [0.2, 0.25) is 0 Å². The Kier molecular flexibility index (Phi) is 5.12. The standard InChI is InChI=1S/C20H16N.2ClH.Zr/c1-2-7-15-13-16(12-14(15)6-1)21-19-10-4-3-8-17(19)18-9-5-11-20(18)21;;;/h1-4,6-8,10,12-13H,5,9,11H2;2*1H;/q;;;+2/p-2. The Labute approximate surface area is 169 Å². The fourth-order valence-electron chi connectivity index (χ4n) is 4.13. The van der Waals surface area contributed by atoms with Crippen LogP contribution in [0.25, 0.3) is 22.7 Å². The van der Waals surface area contributed by atoms with E-state index in [1.165, 1.54) is 47.0 Å². The number of hydrogen-bond acceptors (Lipinski definition) is 0. The number of nitrogens with zero attached hydrogens (tertiary/aromatic N) is 1. The van der Waals surface area contributed by atoms with Gasteiger partial charge in [0.2, 0.25) is 0 Å². The first-order valence-corrected chi connectivity index (χ1v) is 9.40. The normalized spacial score (nSPS) is 17.8. The molecule has 1 unspecified atom stereocenters. The summed E-state index contributed by atoms with van der Waals surface area (Å²) in [5.41, 5.74) is 8.95. The predicted octanol–water partition coefficient (Wildman–Crippen LogP) is -1.26. The maximum absolute atomic E-state index is 2.58. The summed E-state index contributed by atoms with van der Waals surface area (Å²) in [6, 6.07) is 17.8. The number of aromatic nitrogens is 1. The molecular formula is C20H16Cl2NZr. The first-order chi connectivity index (χ1) is 10.8. The average Bonchev–Trinajstić information content (AvgIpc) is 3.21. The van der Waals surface area contributed by atoms with E-state index in [4.69, 9.17) is 0 Å². The molecule has 2 aliphatic carbocycles. The van der Waals surface area contributed by atoms with E-state index < -0.39 is 0 Å². The van der Waals surface area contributed by atoms with Crippen molar-refractivity contribution in [1.29, 1.82) is 0 Å². The minimum absolute atomic E-state index is 0. The number of halogens is 2. The molecule has 0 bridgehead atoms. The van der Waals surface area contributed by atoms with E-state index in [1.807, 2.05) is 0 Å². The van der Waals surface area contributed by atoms with Crippen LogP contribution in [0.4, 0.5) is 0 Å². The Morgan fingerprint density at radius 1 is 0.917 bits per heavy atom. The second kappa shape index (κ2) is 6.83. The third kappa shape index (κ3) is 2.46. The van der Waals surface area contributed by atoms with Gasteiger partial charge in [0.05, 0.1) is 0 Å². The van der Waals surface area contributed by atoms with Crippen LogP contribution in [0.15, 0.2) is 48.5 Å². The van der Waals surface area contributed by atoms with Crippen molar-refractivity contribution in [2.24, 2.45) is 0 Å². The Morgan fingerprint density at radius 2 is 1.67 bits per heavy atom. The van der Waals surface area contributed by atoms with Crippen LogP contribution >= 0.6 is 0 Å². The van der Waals surface area contributed by atoms with Crippen LogP contribution < -0.4 is 24.8 Å². The van der Waals surface area contributed by atoms with E-state index in [0.717, 1.165) is 0 Å². The molecule has 5 rings (SSSR count). The molecule has 119 valence electrons. The maximum atomic E-state index is 2.58. The molecule has 0 radical (unpaired) electrons. The monoisotopic (exact) mass is 430 g/mol. The summed E-state index contributed by atoms with van der Waals surface area (Å²) in [5.74, 6) is 0. The number of para-hydroxylation sites is 1. The Hall–Kier alpha value is -0.817. The summed E-state index contributed by atoms with van der Waals surface area (Å²) in [5, 5.41) is 1.47. The molecule has 0 N–H and O–H groups in total. The van der Waals surface area contributed by atoms with Crippen LogP contribution in [-0.2, 0) is 37.6 Å². The van der Waals surface area contributed by atoms with Gasteiger partial charge in [0.25, 0.3) is 0 Å². The van der Waals surface area contributed by atoms with Gasteiger partial charge in [-0.3, -0.25) is 0 Å². The van der Waals surface area contributed by atoms with Gasteiger partial charge in [0.15, 0.2) is 0 Å². The van der Waals surface area contributed by atoms with E-state index in [0.29, 0.717) is 3.63 Å². The van der Waals surface area contributed by atoms with Crippen molar-refractivity contribution in [2.75, 3.05) is 0 Å². The number of rotatable bonds is 1. The van der Waals surface area contributed by atoms with E-state index in [9.17, 15) is 0 Å². The molecule has 24 heavy (non-hydrogen) atoms. The van der Waals surface area contributed by atoms with Gasteiger partial charge in [0, 0.05) is 0 Å². The van der Waals surface area contributed by atoms with Crippen LogP contribution in [0.3, 0.4) is 0 Å². The van der Waals surface area contributed by atoms with Gasteiger partial charge in [-0.1, -0.05) is 0 Å². The SMILES string of the molecule is [Cl-].[Cl-].[Zr+2][CH]1C(n2c3c(c4ccccc42)CCC3)=Cc2ccccc21. The van der Waals surface area contributed by atoms with E-state index in [-0.39, 0.29) is 24.8 Å². The molecule has 0 saturated carbocycles. The van der Waals surface area contributed by atoms with Crippen LogP contribution in [0.5, 0.6) is 0 Å². The second-order valence-corrected chi connectivity index (χ2v) is 7.68. The zero-order chi connectivity index (χ0) is 14.7. The zero-order valence-electron chi connectivity index (χ0n) is 13.1. The topological polar surface area (TPSA) is 4.93 Å². The Balaban J connectivity index is 0.000000845. The number of allylic oxidation sites excluding steroid dienone is 1. The summed E-state index contributed by atoms with van der Waals surface area (Å²) in [6.07, 6.45) is 6.18. The summed E-state index contributed by atoms with van der Waals surface area (Å²) < 4.78 is 3.14. The number of fused-ring (bicyclic) bond motifs is 4. The van der Waals surface area contributed by atoms with E-state index in [1.54, 1.807) is 36.0 Å². The number of hydrogen-bond donors (Lipinski definition) is 0. The van der Waals surface area contributed by atoms with Gasteiger partial charge in [-0.2, -0.15) is 0 Å². The number of benzene rings is 2. The third-order valence-electron chi connectivity index (χ3n) is 5.09. The molecule has 4 heteroatoms. The van der Waals surface area contributed by atoms with Crippen molar-refractivity contribution in [3.05, 3.63) is 70.9 Å². The van der Waals surface area contributed by atoms with Crippen LogP contribution in [-0.4, -0.2) is 4.57 Å². The van der Waals surface area contributed by atoms with Crippen LogP contribution in [0.1, 0.15) is 32.4 Å². The molecule has 1 aromatic heterocycles. The summed E-state index contributed by atoms with van der Waals surface area (Å²) >= 11 is 1.58. The fraction of sp³-hybridized carbons (Fsp3) is 0.200. The fourth-order valence-corrected chi connectivity index (χ4v) is 5.30. The van der Waals surface area contributed by atoms with E-state index in [2.05, 4.69) is 59.2 Å². The number of aryl methyl sites for hydroxylation is 1. The van der Waals surface area contributed by atoms with Crippen molar-refractivity contribution >= 4 is 22.7 Å². The van der Waals surface area contributed by atoms with Crippen molar-refractivity contribution < 1.29 is 49.5 Å². The molecule has 1 atom stereocenters. The summed E-state index contributed by atoms with van der Waals surface area (Å²) in [4.78, 5) is 0. The van der Waals surface area contributed by atoms with Crippen molar-refractivity contribution in [2.45, 2.75) is 22.9 Å². The van der Waals surface area contributed by atoms with Gasteiger partial charge in [-0.05, 0) is 0 Å². The Bertz CT molecular complexity index is 942. The molecule has 2 aromatic carbocycles. The van der Waals surface area contributed by atoms with Gasteiger partial charge in [-0.25, -0.2) is 0 Å². The molecule has 0 spiro atoms. The molecule has 3 aromatic rings. The zero-order valence-corrected chi connectivity index (χ0v) is 17.1. The van der Waals surface area contributed by atoms with Gasteiger partial charge >= 0.3 is 146 Å². The molecule has 1 nitrogen and oxygen atoms in total. The Morgan fingerprint density at radius 3 is 2.50 bits per heavy atom. The minimum atomic E-state index is 0. The molecule has 0 saturated heterocycles. The van der Waals surface area contributed by atoms with Crippen molar-refractivity contribution in [1.82, 2.24) is 4.57 Å². The van der Waals surface area contributed by atoms with Crippen molar-refractivity contribution in [3.63, 3.8) is 0 Å². The third-order valence-corrected chi connectivity index (χ3v) is 6.58. The first-order valence-electron chi connectivity index (χ1n) is 7.98. The first kappa shape index (κ1) is 18.0. The molecule has 0 aliphatic heterocycles. The van der Waals surface area contributed by atoms with Gasteiger partial charge < -0.3 is 24.8 Å². The van der Waals surface area contributed by atoms with Gasteiger partial charge in [0.1, 0.15) is 0 Å². The molecule has 0 fully saturated rings. The predicted molar refractivity (Wildman–Crippen MR) is 87.3 cm³/mol. The average molecular weight is 432 g/mol. The second-order valence-electron chi connectivity index (χ2n) is 6.26. The van der Waals surface area contributed by atoms with Crippen LogP contribution in [0, 0.1) is 0 Å². The van der Waals surface area contributed by atoms with E-state index >= 15 is 0 Å².